The van der Waals surface area contributed by atoms with Gasteiger partial charge >= 0.3 is 0 Å². The average Bonchev–Trinajstić information content (AvgIpc) is 2.73. The lowest BCUT2D eigenvalue weighted by atomic mass is 9.90. The number of hydrogen-bond donors (Lipinski definition) is 1. The lowest BCUT2D eigenvalue weighted by molar-refractivity contribution is 0.0775. The second kappa shape index (κ2) is 4.45. The van der Waals surface area contributed by atoms with E-state index in [1.165, 1.54) is 0 Å². The fraction of sp³-hybridized carbons (Fsp3) is 0.538. The van der Waals surface area contributed by atoms with Gasteiger partial charge < -0.3 is 10.6 Å². The van der Waals surface area contributed by atoms with Crippen LogP contribution in [0.4, 0.5) is 0 Å². The normalized spacial score (nSPS) is 24.1. The van der Waals surface area contributed by atoms with E-state index in [1.54, 1.807) is 12.3 Å². The lowest BCUT2D eigenvalue weighted by Gasteiger charge is -2.22. The third kappa shape index (κ3) is 2.31. The summed E-state index contributed by atoms with van der Waals surface area (Å²) in [6.45, 7) is 6.17. The number of carbonyl (C=O) groups excluding carboxylic acids is 1. The van der Waals surface area contributed by atoms with Gasteiger partial charge in [0.15, 0.2) is 0 Å². The Bertz CT molecular complexity index is 432. The molecule has 1 saturated heterocycles. The van der Waals surface area contributed by atoms with Crippen molar-refractivity contribution < 1.29 is 4.79 Å². The van der Waals surface area contributed by atoms with E-state index in [-0.39, 0.29) is 11.3 Å². The Hall–Kier alpha value is -1.42. The maximum atomic E-state index is 12.3. The quantitative estimate of drug-likeness (QED) is 0.835. The van der Waals surface area contributed by atoms with Crippen LogP contribution in [-0.4, -0.2) is 35.4 Å². The maximum Gasteiger partial charge on any atom is 0.255 e. The highest BCUT2D eigenvalue weighted by Crippen LogP contribution is 2.29. The molecule has 0 bridgehead atoms. The zero-order chi connectivity index (χ0) is 12.5. The van der Waals surface area contributed by atoms with E-state index in [9.17, 15) is 4.79 Å². The van der Waals surface area contributed by atoms with Crippen LogP contribution in [0, 0.1) is 12.3 Å². The van der Waals surface area contributed by atoms with Crippen molar-refractivity contribution in [3.05, 3.63) is 29.6 Å². The minimum Gasteiger partial charge on any atom is -0.338 e. The molecule has 4 heteroatoms. The van der Waals surface area contributed by atoms with Crippen molar-refractivity contribution in [3.63, 3.8) is 0 Å². The predicted molar refractivity (Wildman–Crippen MR) is 66.7 cm³/mol. The number of nitrogens with zero attached hydrogens (tertiary/aromatic N) is 2. The molecule has 1 amide bonds. The summed E-state index contributed by atoms with van der Waals surface area (Å²) in [6, 6.07) is 3.64. The van der Waals surface area contributed by atoms with E-state index in [2.05, 4.69) is 11.9 Å². The molecular formula is C13H19N3O. The first-order chi connectivity index (χ1) is 8.06. The minimum atomic E-state index is 0.0752. The Kier molecular flexibility index (Phi) is 3.15. The van der Waals surface area contributed by atoms with Crippen LogP contribution in [0.5, 0.6) is 0 Å². The minimum absolute atomic E-state index is 0.0752. The number of aryl methyl sites for hydroxylation is 1. The molecule has 0 spiro atoms. The first kappa shape index (κ1) is 12.0. The summed E-state index contributed by atoms with van der Waals surface area (Å²) in [7, 11) is 0. The molecule has 1 aliphatic heterocycles. The number of rotatable bonds is 2. The second-order valence-electron chi connectivity index (χ2n) is 5.13. The van der Waals surface area contributed by atoms with Crippen LogP contribution in [0.15, 0.2) is 18.3 Å². The number of amides is 1. The van der Waals surface area contributed by atoms with Gasteiger partial charge in [-0.25, -0.2) is 0 Å². The largest absolute Gasteiger partial charge is 0.338 e. The summed E-state index contributed by atoms with van der Waals surface area (Å²) < 4.78 is 0. The number of pyridine rings is 1. The topological polar surface area (TPSA) is 59.2 Å². The van der Waals surface area contributed by atoms with Crippen molar-refractivity contribution >= 4 is 5.91 Å². The first-order valence-electron chi connectivity index (χ1n) is 5.97. The van der Waals surface area contributed by atoms with Crippen molar-refractivity contribution in [1.82, 2.24) is 9.88 Å². The van der Waals surface area contributed by atoms with Crippen LogP contribution in [0.1, 0.15) is 29.4 Å². The number of hydrogen-bond acceptors (Lipinski definition) is 3. The summed E-state index contributed by atoms with van der Waals surface area (Å²) in [6.07, 6.45) is 2.69. The lowest BCUT2D eigenvalue weighted by Crippen LogP contribution is -2.34. The summed E-state index contributed by atoms with van der Waals surface area (Å²) >= 11 is 0. The number of nitrogens with two attached hydrogens (primary N) is 1. The molecule has 1 atom stereocenters. The van der Waals surface area contributed by atoms with E-state index >= 15 is 0 Å². The van der Waals surface area contributed by atoms with Gasteiger partial charge in [0, 0.05) is 25.0 Å². The van der Waals surface area contributed by atoms with Crippen LogP contribution in [0.2, 0.25) is 0 Å². The van der Waals surface area contributed by atoms with Gasteiger partial charge in [-0.05, 0) is 37.4 Å². The van der Waals surface area contributed by atoms with Crippen LogP contribution in [0.3, 0.4) is 0 Å². The number of carbonyl (C=O) groups is 1. The third-order valence-electron chi connectivity index (χ3n) is 3.58. The van der Waals surface area contributed by atoms with Gasteiger partial charge in [-0.3, -0.25) is 9.78 Å². The monoisotopic (exact) mass is 233 g/mol. The standard InChI is InChI=1S/C13H19N3O/c1-10-11(4-3-6-15-10)12(17)16-7-5-13(2,8-14)9-16/h3-4,6H,5,7-9,14H2,1-2H3. The molecule has 17 heavy (non-hydrogen) atoms. The molecule has 2 rings (SSSR count). The molecule has 1 aromatic rings. The first-order valence-corrected chi connectivity index (χ1v) is 5.97. The van der Waals surface area contributed by atoms with E-state index < -0.39 is 0 Å². The molecule has 1 aliphatic rings. The van der Waals surface area contributed by atoms with E-state index in [0.29, 0.717) is 12.1 Å². The van der Waals surface area contributed by atoms with Gasteiger partial charge in [0.05, 0.1) is 5.56 Å². The average molecular weight is 233 g/mol. The van der Waals surface area contributed by atoms with Gasteiger partial charge in [-0.15, -0.1) is 0 Å². The molecule has 0 saturated carbocycles. The Morgan fingerprint density at radius 2 is 2.41 bits per heavy atom. The summed E-state index contributed by atoms with van der Waals surface area (Å²) in [5, 5.41) is 0. The van der Waals surface area contributed by atoms with Crippen molar-refractivity contribution in [2.24, 2.45) is 11.1 Å². The van der Waals surface area contributed by atoms with Gasteiger partial charge in [0.1, 0.15) is 0 Å². The second-order valence-corrected chi connectivity index (χ2v) is 5.13. The molecule has 2 heterocycles. The number of aromatic nitrogens is 1. The van der Waals surface area contributed by atoms with Crippen molar-refractivity contribution in [3.8, 4) is 0 Å². The van der Waals surface area contributed by atoms with Crippen molar-refractivity contribution in [2.45, 2.75) is 20.3 Å². The molecule has 2 N–H and O–H groups in total. The Balaban J connectivity index is 2.15. The summed E-state index contributed by atoms with van der Waals surface area (Å²) in [4.78, 5) is 18.4. The van der Waals surface area contributed by atoms with E-state index in [4.69, 9.17) is 5.73 Å². The highest BCUT2D eigenvalue weighted by Gasteiger charge is 2.35. The highest BCUT2D eigenvalue weighted by atomic mass is 16.2. The van der Waals surface area contributed by atoms with Crippen LogP contribution < -0.4 is 5.73 Å². The van der Waals surface area contributed by atoms with Crippen LogP contribution in [0.25, 0.3) is 0 Å². The smallest absolute Gasteiger partial charge is 0.255 e. The maximum absolute atomic E-state index is 12.3. The Labute approximate surface area is 102 Å². The van der Waals surface area contributed by atoms with Crippen molar-refractivity contribution in [1.29, 1.82) is 0 Å². The Morgan fingerprint density at radius 1 is 1.65 bits per heavy atom. The molecule has 92 valence electrons. The van der Waals surface area contributed by atoms with Gasteiger partial charge in [-0.2, -0.15) is 0 Å². The molecule has 0 aromatic carbocycles. The van der Waals surface area contributed by atoms with E-state index in [0.717, 1.165) is 25.2 Å². The van der Waals surface area contributed by atoms with Crippen LogP contribution >= 0.6 is 0 Å². The third-order valence-corrected chi connectivity index (χ3v) is 3.58. The molecule has 0 radical (unpaired) electrons. The SMILES string of the molecule is Cc1ncccc1C(=O)N1CCC(C)(CN)C1. The predicted octanol–water partition coefficient (Wildman–Crippen LogP) is 1.20. The Morgan fingerprint density at radius 3 is 3.00 bits per heavy atom. The fourth-order valence-corrected chi connectivity index (χ4v) is 2.24. The molecule has 4 nitrogen and oxygen atoms in total. The zero-order valence-corrected chi connectivity index (χ0v) is 10.4. The van der Waals surface area contributed by atoms with Gasteiger partial charge in [0.2, 0.25) is 0 Å². The molecule has 1 fully saturated rings. The molecule has 1 aromatic heterocycles. The molecule has 0 aliphatic carbocycles. The molecular weight excluding hydrogens is 214 g/mol. The zero-order valence-electron chi connectivity index (χ0n) is 10.4. The van der Waals surface area contributed by atoms with Gasteiger partial charge in [0.25, 0.3) is 5.91 Å². The highest BCUT2D eigenvalue weighted by molar-refractivity contribution is 5.95. The fourth-order valence-electron chi connectivity index (χ4n) is 2.24. The van der Waals surface area contributed by atoms with Gasteiger partial charge in [-0.1, -0.05) is 6.92 Å². The summed E-state index contributed by atoms with van der Waals surface area (Å²) in [5.74, 6) is 0.0766. The molecule has 1 unspecified atom stereocenters. The number of likely N-dealkylation sites (tertiary alicyclic amines) is 1. The summed E-state index contributed by atoms with van der Waals surface area (Å²) in [5.41, 5.74) is 7.32. The van der Waals surface area contributed by atoms with Crippen molar-refractivity contribution in [2.75, 3.05) is 19.6 Å². The van der Waals surface area contributed by atoms with Crippen LogP contribution in [-0.2, 0) is 0 Å². The van der Waals surface area contributed by atoms with E-state index in [1.807, 2.05) is 17.9 Å².